The topological polar surface area (TPSA) is 93.3 Å². The van der Waals surface area contributed by atoms with Gasteiger partial charge in [-0.2, -0.15) is 5.10 Å². The first-order valence-electron chi connectivity index (χ1n) is 6.63. The van der Waals surface area contributed by atoms with Crippen molar-refractivity contribution in [2.24, 2.45) is 0 Å². The minimum atomic E-state index is -0.527. The molecule has 20 heavy (non-hydrogen) atoms. The molecule has 0 spiro atoms. The minimum absolute atomic E-state index is 0.00930. The molecule has 1 fully saturated rings. The van der Waals surface area contributed by atoms with Gasteiger partial charge in [0.25, 0.3) is 0 Å². The summed E-state index contributed by atoms with van der Waals surface area (Å²) in [6, 6.07) is -0.527. The number of amides is 1. The second-order valence-electron chi connectivity index (χ2n) is 4.97. The first-order chi connectivity index (χ1) is 9.43. The Hall–Kier alpha value is -1.96. The molecule has 8 nitrogen and oxygen atoms in total. The van der Waals surface area contributed by atoms with Crippen LogP contribution in [0.5, 0.6) is 0 Å². The molecule has 0 aliphatic carbocycles. The van der Waals surface area contributed by atoms with E-state index in [1.165, 1.54) is 4.68 Å². The fourth-order valence-corrected chi connectivity index (χ4v) is 2.55. The highest BCUT2D eigenvalue weighted by Crippen LogP contribution is 2.25. The Labute approximate surface area is 116 Å². The molecule has 1 N–H and O–H groups in total. The van der Waals surface area contributed by atoms with Gasteiger partial charge in [0.2, 0.25) is 5.91 Å². The summed E-state index contributed by atoms with van der Waals surface area (Å²) in [4.78, 5) is 24.7. The zero-order chi connectivity index (χ0) is 14.9. The number of nitrogens with zero attached hydrogens (tertiary/aromatic N) is 4. The van der Waals surface area contributed by atoms with Crippen molar-refractivity contribution in [3.05, 3.63) is 21.5 Å². The average Bonchev–Trinajstić information content (AvgIpc) is 2.73. The quantitative estimate of drug-likeness (QED) is 0.639. The smallest absolute Gasteiger partial charge is 0.312 e. The summed E-state index contributed by atoms with van der Waals surface area (Å²) in [5.74, 6) is -0.0491. The number of hydrogen-bond donors (Lipinski definition) is 1. The van der Waals surface area contributed by atoms with Gasteiger partial charge in [-0.1, -0.05) is 0 Å². The molecular formula is C12H19N5O3. The summed E-state index contributed by atoms with van der Waals surface area (Å²) in [5, 5.41) is 18.3. The van der Waals surface area contributed by atoms with Crippen LogP contribution >= 0.6 is 0 Å². The van der Waals surface area contributed by atoms with Crippen molar-refractivity contribution < 1.29 is 9.72 Å². The van der Waals surface area contributed by atoms with Crippen LogP contribution in [0.4, 0.5) is 5.69 Å². The van der Waals surface area contributed by atoms with Crippen LogP contribution in [-0.2, 0) is 4.79 Å². The number of carbonyl (C=O) groups is 1. The van der Waals surface area contributed by atoms with Crippen LogP contribution in [0.2, 0.25) is 0 Å². The van der Waals surface area contributed by atoms with Crippen molar-refractivity contribution >= 4 is 11.6 Å². The van der Waals surface area contributed by atoms with E-state index in [1.54, 1.807) is 25.7 Å². The van der Waals surface area contributed by atoms with Crippen LogP contribution < -0.4 is 5.32 Å². The summed E-state index contributed by atoms with van der Waals surface area (Å²) in [5.41, 5.74) is 0.751. The van der Waals surface area contributed by atoms with Gasteiger partial charge >= 0.3 is 5.69 Å². The van der Waals surface area contributed by atoms with E-state index in [1.807, 2.05) is 0 Å². The molecule has 1 unspecified atom stereocenters. The van der Waals surface area contributed by atoms with Crippen molar-refractivity contribution in [3.8, 4) is 0 Å². The number of aryl methyl sites for hydroxylation is 1. The highest BCUT2D eigenvalue weighted by molar-refractivity contribution is 5.80. The summed E-state index contributed by atoms with van der Waals surface area (Å²) in [6.45, 7) is 7.80. The van der Waals surface area contributed by atoms with E-state index in [-0.39, 0.29) is 11.6 Å². The van der Waals surface area contributed by atoms with Gasteiger partial charge in [-0.15, -0.1) is 0 Å². The highest BCUT2D eigenvalue weighted by Gasteiger charge is 2.29. The number of aromatic nitrogens is 2. The molecule has 2 heterocycles. The molecule has 0 saturated carbocycles. The zero-order valence-corrected chi connectivity index (χ0v) is 11.9. The van der Waals surface area contributed by atoms with Crippen molar-refractivity contribution in [1.29, 1.82) is 0 Å². The summed E-state index contributed by atoms with van der Waals surface area (Å²) in [7, 11) is 0. The van der Waals surface area contributed by atoms with Gasteiger partial charge in [-0.3, -0.25) is 19.6 Å². The van der Waals surface area contributed by atoms with E-state index in [2.05, 4.69) is 10.4 Å². The molecule has 0 aromatic carbocycles. The lowest BCUT2D eigenvalue weighted by molar-refractivity contribution is -0.386. The normalized spacial score (nSPS) is 17.1. The number of hydrogen-bond acceptors (Lipinski definition) is 5. The van der Waals surface area contributed by atoms with Gasteiger partial charge in [0.05, 0.1) is 4.92 Å². The lowest BCUT2D eigenvalue weighted by atomic mass is 10.2. The molecular weight excluding hydrogens is 262 g/mol. The Morgan fingerprint density at radius 3 is 2.50 bits per heavy atom. The van der Waals surface area contributed by atoms with Gasteiger partial charge < -0.3 is 10.2 Å². The van der Waals surface area contributed by atoms with Crippen molar-refractivity contribution in [2.75, 3.05) is 26.2 Å². The van der Waals surface area contributed by atoms with Crippen LogP contribution in [0.25, 0.3) is 0 Å². The Balaban J connectivity index is 2.24. The molecule has 8 heteroatoms. The van der Waals surface area contributed by atoms with Crippen LogP contribution in [0.15, 0.2) is 0 Å². The first-order valence-corrected chi connectivity index (χ1v) is 6.63. The molecule has 1 aliphatic rings. The average molecular weight is 281 g/mol. The van der Waals surface area contributed by atoms with Crippen molar-refractivity contribution in [1.82, 2.24) is 20.0 Å². The molecule has 0 bridgehead atoms. The molecule has 1 aromatic rings. The highest BCUT2D eigenvalue weighted by atomic mass is 16.6. The minimum Gasteiger partial charge on any atom is -0.338 e. The van der Waals surface area contributed by atoms with E-state index in [0.717, 1.165) is 13.1 Å². The van der Waals surface area contributed by atoms with Crippen LogP contribution in [0.3, 0.4) is 0 Å². The fraction of sp³-hybridized carbons (Fsp3) is 0.667. The summed E-state index contributed by atoms with van der Waals surface area (Å²) in [6.07, 6.45) is 0. The van der Waals surface area contributed by atoms with E-state index in [9.17, 15) is 14.9 Å². The predicted molar refractivity (Wildman–Crippen MR) is 72.5 cm³/mol. The van der Waals surface area contributed by atoms with Gasteiger partial charge in [0.1, 0.15) is 17.4 Å². The third-order valence-corrected chi connectivity index (χ3v) is 3.62. The SMILES string of the molecule is Cc1nn(C(C)C(=O)N2CCNCC2)c(C)c1[N+](=O)[O-]. The van der Waals surface area contributed by atoms with Gasteiger partial charge in [0, 0.05) is 26.2 Å². The molecule has 1 aliphatic heterocycles. The number of nitrogens with one attached hydrogen (secondary N) is 1. The second-order valence-corrected chi connectivity index (χ2v) is 4.97. The first kappa shape index (κ1) is 14.4. The maximum absolute atomic E-state index is 12.4. The van der Waals surface area contributed by atoms with Gasteiger partial charge in [-0.25, -0.2) is 0 Å². The Kier molecular flexibility index (Phi) is 4.03. The van der Waals surface area contributed by atoms with Crippen LogP contribution in [-0.4, -0.2) is 51.7 Å². The molecule has 1 aromatic heterocycles. The lowest BCUT2D eigenvalue weighted by Gasteiger charge is -2.30. The molecule has 2 rings (SSSR count). The third kappa shape index (κ3) is 2.51. The Bertz CT molecular complexity index is 533. The molecule has 1 amide bonds. The maximum atomic E-state index is 12.4. The number of rotatable bonds is 3. The Morgan fingerprint density at radius 1 is 1.40 bits per heavy atom. The molecule has 0 radical (unpaired) electrons. The Morgan fingerprint density at radius 2 is 2.00 bits per heavy atom. The van der Waals surface area contributed by atoms with E-state index < -0.39 is 11.0 Å². The monoisotopic (exact) mass is 281 g/mol. The van der Waals surface area contributed by atoms with Gasteiger partial charge in [0.15, 0.2) is 0 Å². The fourth-order valence-electron chi connectivity index (χ4n) is 2.55. The van der Waals surface area contributed by atoms with Crippen molar-refractivity contribution in [3.63, 3.8) is 0 Å². The molecule has 110 valence electrons. The van der Waals surface area contributed by atoms with E-state index >= 15 is 0 Å². The van der Waals surface area contributed by atoms with E-state index in [0.29, 0.717) is 24.5 Å². The third-order valence-electron chi connectivity index (χ3n) is 3.62. The summed E-state index contributed by atoms with van der Waals surface area (Å²) < 4.78 is 1.46. The number of piperazine rings is 1. The summed E-state index contributed by atoms with van der Waals surface area (Å²) >= 11 is 0. The lowest BCUT2D eigenvalue weighted by Crippen LogP contribution is -2.48. The van der Waals surface area contributed by atoms with Crippen molar-refractivity contribution in [2.45, 2.75) is 26.8 Å². The van der Waals surface area contributed by atoms with E-state index in [4.69, 9.17) is 0 Å². The standard InChI is InChI=1S/C12H19N5O3/c1-8-11(17(19)20)9(2)16(14-8)10(3)12(18)15-6-4-13-5-7-15/h10,13H,4-7H2,1-3H3. The number of nitro groups is 1. The number of carbonyl (C=O) groups excluding carboxylic acids is 1. The molecule has 1 saturated heterocycles. The van der Waals surface area contributed by atoms with Crippen LogP contribution in [0.1, 0.15) is 24.4 Å². The predicted octanol–water partition coefficient (Wildman–Crippen LogP) is 0.401. The largest absolute Gasteiger partial charge is 0.338 e. The molecule has 1 atom stereocenters. The van der Waals surface area contributed by atoms with Crippen LogP contribution in [0, 0.1) is 24.0 Å². The zero-order valence-electron chi connectivity index (χ0n) is 11.9. The van der Waals surface area contributed by atoms with Gasteiger partial charge in [-0.05, 0) is 20.8 Å². The maximum Gasteiger partial charge on any atom is 0.312 e. The second kappa shape index (κ2) is 5.58.